The summed E-state index contributed by atoms with van der Waals surface area (Å²) in [5.41, 5.74) is 5.44. The van der Waals surface area contributed by atoms with Gasteiger partial charge in [0.1, 0.15) is 10.0 Å². The van der Waals surface area contributed by atoms with Gasteiger partial charge in [-0.3, -0.25) is 0 Å². The van der Waals surface area contributed by atoms with Crippen LogP contribution in [0.3, 0.4) is 0 Å². The van der Waals surface area contributed by atoms with Crippen LogP contribution in [0.4, 0.5) is 0 Å². The Morgan fingerprint density at radius 3 is 2.79 bits per heavy atom. The van der Waals surface area contributed by atoms with Gasteiger partial charge in [-0.2, -0.15) is 0 Å². The molecule has 1 aromatic rings. The average Bonchev–Trinajstić information content (AvgIpc) is 2.53. The molecule has 0 fully saturated rings. The van der Waals surface area contributed by atoms with Crippen LogP contribution in [0.5, 0.6) is 0 Å². The van der Waals surface area contributed by atoms with Crippen molar-refractivity contribution in [2.45, 2.75) is 19.8 Å². The van der Waals surface area contributed by atoms with Crippen molar-refractivity contribution in [3.8, 4) is 0 Å². The Balaban J connectivity index is 2.42. The van der Waals surface area contributed by atoms with Crippen molar-refractivity contribution in [1.82, 2.24) is 10.2 Å². The highest BCUT2D eigenvalue weighted by atomic mass is 32.1. The fraction of sp³-hybridized carbons (Fsp3) is 0.778. The lowest BCUT2D eigenvalue weighted by atomic mass is 10.1. The minimum absolute atomic E-state index is 0.499. The molecule has 0 amide bonds. The normalized spacial score (nSPS) is 13.1. The minimum atomic E-state index is 0.499. The van der Waals surface area contributed by atoms with E-state index in [1.54, 1.807) is 18.4 Å². The van der Waals surface area contributed by atoms with Crippen LogP contribution >= 0.6 is 11.3 Å². The molecule has 0 aliphatic carbocycles. The first-order valence-electron chi connectivity index (χ1n) is 4.76. The molecule has 14 heavy (non-hydrogen) atoms. The predicted octanol–water partition coefficient (Wildman–Crippen LogP) is 0.864. The topological polar surface area (TPSA) is 61.0 Å². The van der Waals surface area contributed by atoms with Gasteiger partial charge in [0.05, 0.1) is 0 Å². The Bertz CT molecular complexity index is 264. The van der Waals surface area contributed by atoms with Crippen LogP contribution in [0.25, 0.3) is 0 Å². The van der Waals surface area contributed by atoms with Crippen molar-refractivity contribution < 1.29 is 4.74 Å². The standard InChI is InChI=1S/C9H17N3OS/c1-7(6-13-2)5-9-12-11-8(14-9)3-4-10/h7H,3-6,10H2,1-2H3. The van der Waals surface area contributed by atoms with E-state index in [1.165, 1.54) is 0 Å². The Kier molecular flexibility index (Phi) is 5.00. The minimum Gasteiger partial charge on any atom is -0.384 e. The molecule has 0 bridgehead atoms. The third kappa shape index (κ3) is 3.69. The van der Waals surface area contributed by atoms with E-state index < -0.39 is 0 Å². The Morgan fingerprint density at radius 2 is 2.14 bits per heavy atom. The van der Waals surface area contributed by atoms with Crippen LogP contribution < -0.4 is 5.73 Å². The van der Waals surface area contributed by atoms with E-state index in [-0.39, 0.29) is 0 Å². The SMILES string of the molecule is COCC(C)Cc1nnc(CCN)s1. The predicted molar refractivity (Wildman–Crippen MR) is 57.4 cm³/mol. The molecule has 0 saturated carbocycles. The monoisotopic (exact) mass is 215 g/mol. The first-order chi connectivity index (χ1) is 6.76. The number of hydrogen-bond donors (Lipinski definition) is 1. The second-order valence-electron chi connectivity index (χ2n) is 3.39. The molecule has 1 rings (SSSR count). The van der Waals surface area contributed by atoms with E-state index in [1.807, 2.05) is 0 Å². The zero-order valence-corrected chi connectivity index (χ0v) is 9.51. The van der Waals surface area contributed by atoms with Gasteiger partial charge in [0.15, 0.2) is 0 Å². The summed E-state index contributed by atoms with van der Waals surface area (Å²) >= 11 is 1.65. The molecule has 1 heterocycles. The molecule has 80 valence electrons. The van der Waals surface area contributed by atoms with E-state index in [0.29, 0.717) is 12.5 Å². The van der Waals surface area contributed by atoms with Crippen molar-refractivity contribution in [3.63, 3.8) is 0 Å². The van der Waals surface area contributed by atoms with Crippen molar-refractivity contribution in [2.24, 2.45) is 11.7 Å². The number of ether oxygens (including phenoxy) is 1. The van der Waals surface area contributed by atoms with Crippen LogP contribution in [-0.2, 0) is 17.6 Å². The summed E-state index contributed by atoms with van der Waals surface area (Å²) in [6.07, 6.45) is 1.77. The first-order valence-corrected chi connectivity index (χ1v) is 5.58. The molecule has 4 nitrogen and oxygen atoms in total. The Hall–Kier alpha value is -0.520. The van der Waals surface area contributed by atoms with E-state index in [0.717, 1.165) is 29.5 Å². The Morgan fingerprint density at radius 1 is 1.43 bits per heavy atom. The number of nitrogens with two attached hydrogens (primary N) is 1. The molecule has 1 unspecified atom stereocenters. The maximum Gasteiger partial charge on any atom is 0.118 e. The maximum atomic E-state index is 5.44. The van der Waals surface area contributed by atoms with Crippen LogP contribution in [0.1, 0.15) is 16.9 Å². The molecule has 2 N–H and O–H groups in total. The van der Waals surface area contributed by atoms with E-state index in [2.05, 4.69) is 17.1 Å². The largest absolute Gasteiger partial charge is 0.384 e. The second-order valence-corrected chi connectivity index (χ2v) is 4.54. The lowest BCUT2D eigenvalue weighted by molar-refractivity contribution is 0.159. The summed E-state index contributed by atoms with van der Waals surface area (Å²) < 4.78 is 5.07. The van der Waals surface area contributed by atoms with Crippen molar-refractivity contribution in [1.29, 1.82) is 0 Å². The molecule has 1 aromatic heterocycles. The molecule has 1 atom stereocenters. The number of nitrogens with zero attached hydrogens (tertiary/aromatic N) is 2. The zero-order chi connectivity index (χ0) is 10.4. The molecule has 5 heteroatoms. The summed E-state index contributed by atoms with van der Waals surface area (Å²) in [5, 5.41) is 10.3. The molecular formula is C9H17N3OS. The van der Waals surface area contributed by atoms with E-state index in [4.69, 9.17) is 10.5 Å². The number of aromatic nitrogens is 2. The van der Waals surface area contributed by atoms with E-state index in [9.17, 15) is 0 Å². The zero-order valence-electron chi connectivity index (χ0n) is 8.69. The average molecular weight is 215 g/mol. The molecule has 0 radical (unpaired) electrons. The van der Waals surface area contributed by atoms with Gasteiger partial charge < -0.3 is 10.5 Å². The summed E-state index contributed by atoms with van der Waals surface area (Å²) in [5.74, 6) is 0.499. The van der Waals surface area contributed by atoms with Gasteiger partial charge in [-0.1, -0.05) is 6.92 Å². The van der Waals surface area contributed by atoms with Gasteiger partial charge in [0, 0.05) is 26.6 Å². The maximum absolute atomic E-state index is 5.44. The number of methoxy groups -OCH3 is 1. The molecule has 0 aliphatic heterocycles. The number of rotatable bonds is 6. The summed E-state index contributed by atoms with van der Waals surface area (Å²) in [6.45, 7) is 3.56. The highest BCUT2D eigenvalue weighted by molar-refractivity contribution is 7.11. The first kappa shape index (κ1) is 11.6. The van der Waals surface area contributed by atoms with E-state index >= 15 is 0 Å². The van der Waals surface area contributed by atoms with Gasteiger partial charge >= 0.3 is 0 Å². The smallest absolute Gasteiger partial charge is 0.118 e. The van der Waals surface area contributed by atoms with Gasteiger partial charge in [0.2, 0.25) is 0 Å². The third-order valence-corrected chi connectivity index (χ3v) is 2.85. The highest BCUT2D eigenvalue weighted by Crippen LogP contribution is 2.14. The highest BCUT2D eigenvalue weighted by Gasteiger charge is 2.08. The van der Waals surface area contributed by atoms with Gasteiger partial charge in [-0.25, -0.2) is 0 Å². The quantitative estimate of drug-likeness (QED) is 0.764. The fourth-order valence-corrected chi connectivity index (χ4v) is 2.26. The number of hydrogen-bond acceptors (Lipinski definition) is 5. The van der Waals surface area contributed by atoms with Crippen molar-refractivity contribution in [3.05, 3.63) is 10.0 Å². The molecule has 0 aromatic carbocycles. The van der Waals surface area contributed by atoms with Crippen LogP contribution in [0.15, 0.2) is 0 Å². The van der Waals surface area contributed by atoms with Crippen molar-refractivity contribution in [2.75, 3.05) is 20.3 Å². The van der Waals surface area contributed by atoms with Gasteiger partial charge in [-0.05, 0) is 12.5 Å². The van der Waals surface area contributed by atoms with Crippen LogP contribution in [0.2, 0.25) is 0 Å². The molecular weight excluding hydrogens is 198 g/mol. The van der Waals surface area contributed by atoms with Gasteiger partial charge in [-0.15, -0.1) is 21.5 Å². The third-order valence-electron chi connectivity index (χ3n) is 1.84. The molecule has 0 spiro atoms. The summed E-state index contributed by atoms with van der Waals surface area (Å²) in [6, 6.07) is 0. The second kappa shape index (κ2) is 6.06. The summed E-state index contributed by atoms with van der Waals surface area (Å²) in [7, 11) is 1.72. The fourth-order valence-electron chi connectivity index (χ4n) is 1.24. The van der Waals surface area contributed by atoms with Gasteiger partial charge in [0.25, 0.3) is 0 Å². The summed E-state index contributed by atoms with van der Waals surface area (Å²) in [4.78, 5) is 0. The van der Waals surface area contributed by atoms with Crippen LogP contribution in [0, 0.1) is 5.92 Å². The molecule has 0 aliphatic rings. The molecule has 0 saturated heterocycles. The Labute approximate surface area is 88.5 Å². The van der Waals surface area contributed by atoms with Crippen LogP contribution in [-0.4, -0.2) is 30.5 Å². The lowest BCUT2D eigenvalue weighted by Crippen LogP contribution is -2.06. The van der Waals surface area contributed by atoms with Crippen molar-refractivity contribution >= 4 is 11.3 Å². The lowest BCUT2D eigenvalue weighted by Gasteiger charge is -2.05.